The van der Waals surface area contributed by atoms with Crippen LogP contribution < -0.4 is 5.32 Å². The summed E-state index contributed by atoms with van der Waals surface area (Å²) in [5, 5.41) is 7.48. The molecule has 0 saturated heterocycles. The van der Waals surface area contributed by atoms with E-state index >= 15 is 0 Å². The Balaban J connectivity index is 1.51. The zero-order valence-corrected chi connectivity index (χ0v) is 16.5. The molecule has 0 aliphatic carbocycles. The number of benzene rings is 2. The number of anilines is 1. The molecular formula is C19H12Cl2N2OS2. The zero-order chi connectivity index (χ0) is 18.1. The summed E-state index contributed by atoms with van der Waals surface area (Å²) in [6, 6.07) is 15.8. The Morgan fingerprint density at radius 2 is 1.92 bits per heavy atom. The summed E-state index contributed by atoms with van der Waals surface area (Å²) in [5.74, 6) is -0.100. The third-order valence-corrected chi connectivity index (χ3v) is 6.16. The number of halogens is 2. The molecule has 0 radical (unpaired) electrons. The van der Waals surface area contributed by atoms with E-state index in [0.29, 0.717) is 25.9 Å². The van der Waals surface area contributed by atoms with E-state index in [0.717, 1.165) is 21.9 Å². The SMILES string of the molecule is O=C(Cc1cccc2ccccc12)Nc1nc(-c2cc(Cl)sc2Cl)cs1. The Morgan fingerprint density at radius 1 is 1.12 bits per heavy atom. The van der Waals surface area contributed by atoms with Crippen molar-refractivity contribution in [2.45, 2.75) is 6.42 Å². The monoisotopic (exact) mass is 418 g/mol. The largest absolute Gasteiger partial charge is 0.302 e. The normalized spacial score (nSPS) is 11.0. The maximum Gasteiger partial charge on any atom is 0.230 e. The number of hydrogen-bond acceptors (Lipinski definition) is 4. The molecule has 0 fully saturated rings. The smallest absolute Gasteiger partial charge is 0.230 e. The zero-order valence-electron chi connectivity index (χ0n) is 13.3. The van der Waals surface area contributed by atoms with Crippen LogP contribution in [0.4, 0.5) is 5.13 Å². The molecule has 26 heavy (non-hydrogen) atoms. The van der Waals surface area contributed by atoms with E-state index in [1.807, 2.05) is 47.8 Å². The van der Waals surface area contributed by atoms with Crippen molar-refractivity contribution in [3.05, 3.63) is 68.1 Å². The first-order valence-corrected chi connectivity index (χ1v) is 10.2. The lowest BCUT2D eigenvalue weighted by Gasteiger charge is -2.06. The Labute approximate surface area is 168 Å². The second kappa shape index (κ2) is 7.37. The Hall–Kier alpha value is -1.92. The number of carbonyl (C=O) groups is 1. The highest BCUT2D eigenvalue weighted by molar-refractivity contribution is 7.20. The number of rotatable bonds is 4. The van der Waals surface area contributed by atoms with Gasteiger partial charge < -0.3 is 5.32 Å². The third kappa shape index (κ3) is 3.62. The molecule has 2 heterocycles. The van der Waals surface area contributed by atoms with Crippen molar-refractivity contribution in [3.63, 3.8) is 0 Å². The number of amides is 1. The quantitative estimate of drug-likeness (QED) is 0.410. The molecule has 2 aromatic carbocycles. The van der Waals surface area contributed by atoms with Crippen LogP contribution in [0, 0.1) is 0 Å². The van der Waals surface area contributed by atoms with Crippen molar-refractivity contribution in [1.29, 1.82) is 0 Å². The fourth-order valence-electron chi connectivity index (χ4n) is 2.75. The van der Waals surface area contributed by atoms with Crippen molar-refractivity contribution in [3.8, 4) is 11.3 Å². The van der Waals surface area contributed by atoms with Crippen molar-refractivity contribution in [2.75, 3.05) is 5.32 Å². The lowest BCUT2D eigenvalue weighted by Crippen LogP contribution is -2.14. The van der Waals surface area contributed by atoms with Crippen LogP contribution in [0.1, 0.15) is 5.56 Å². The van der Waals surface area contributed by atoms with E-state index in [1.54, 1.807) is 6.07 Å². The Morgan fingerprint density at radius 3 is 2.73 bits per heavy atom. The first kappa shape index (κ1) is 17.5. The maximum absolute atomic E-state index is 12.5. The molecule has 0 bridgehead atoms. The van der Waals surface area contributed by atoms with E-state index in [2.05, 4.69) is 10.3 Å². The standard InChI is InChI=1S/C19H12Cl2N2OS2/c20-16-9-14(18(21)26-16)15-10-25-19(22-15)23-17(24)8-12-6-3-5-11-4-1-2-7-13(11)12/h1-7,9-10H,8H2,(H,22,23,24). The van der Waals surface area contributed by atoms with Gasteiger partial charge in [0.1, 0.15) is 4.34 Å². The molecule has 0 saturated carbocycles. The molecule has 4 aromatic rings. The topological polar surface area (TPSA) is 42.0 Å². The second-order valence-electron chi connectivity index (χ2n) is 5.64. The van der Waals surface area contributed by atoms with Gasteiger partial charge in [0.15, 0.2) is 5.13 Å². The fourth-order valence-corrected chi connectivity index (χ4v) is 4.96. The van der Waals surface area contributed by atoms with Gasteiger partial charge in [-0.05, 0) is 22.4 Å². The molecule has 0 spiro atoms. The minimum Gasteiger partial charge on any atom is -0.302 e. The molecule has 0 aliphatic heterocycles. The van der Waals surface area contributed by atoms with Gasteiger partial charge in [-0.1, -0.05) is 65.7 Å². The van der Waals surface area contributed by atoms with Gasteiger partial charge in [0.25, 0.3) is 0 Å². The number of carbonyl (C=O) groups excluding carboxylic acids is 1. The molecule has 4 rings (SSSR count). The van der Waals surface area contributed by atoms with E-state index in [9.17, 15) is 4.79 Å². The summed E-state index contributed by atoms with van der Waals surface area (Å²) in [6.07, 6.45) is 0.293. The minimum atomic E-state index is -0.100. The molecule has 3 nitrogen and oxygen atoms in total. The molecular weight excluding hydrogens is 407 g/mol. The van der Waals surface area contributed by atoms with E-state index in [-0.39, 0.29) is 5.91 Å². The molecule has 1 amide bonds. The summed E-state index contributed by atoms with van der Waals surface area (Å²) in [5.41, 5.74) is 2.49. The van der Waals surface area contributed by atoms with Crippen LogP contribution in [0.15, 0.2) is 53.9 Å². The highest BCUT2D eigenvalue weighted by atomic mass is 35.5. The lowest BCUT2D eigenvalue weighted by molar-refractivity contribution is -0.115. The summed E-state index contributed by atoms with van der Waals surface area (Å²) in [6.45, 7) is 0. The van der Waals surface area contributed by atoms with Gasteiger partial charge in [-0.15, -0.1) is 22.7 Å². The Bertz CT molecular complexity index is 1100. The Kier molecular flexibility index (Phi) is 4.96. The lowest BCUT2D eigenvalue weighted by atomic mass is 10.0. The van der Waals surface area contributed by atoms with Gasteiger partial charge in [0, 0.05) is 10.9 Å². The van der Waals surface area contributed by atoms with Gasteiger partial charge in [0.05, 0.1) is 16.5 Å². The summed E-state index contributed by atoms with van der Waals surface area (Å²) < 4.78 is 1.20. The van der Waals surface area contributed by atoms with Crippen molar-refractivity contribution in [1.82, 2.24) is 4.98 Å². The summed E-state index contributed by atoms with van der Waals surface area (Å²) in [7, 11) is 0. The predicted octanol–water partition coefficient (Wildman–Crippen LogP) is 6.51. The first-order chi connectivity index (χ1) is 12.6. The molecule has 1 N–H and O–H groups in total. The van der Waals surface area contributed by atoms with Crippen molar-refractivity contribution >= 4 is 67.7 Å². The van der Waals surface area contributed by atoms with E-state index in [4.69, 9.17) is 23.2 Å². The summed E-state index contributed by atoms with van der Waals surface area (Å²) in [4.78, 5) is 16.9. The van der Waals surface area contributed by atoms with Crippen LogP contribution in [0.25, 0.3) is 22.0 Å². The number of aromatic nitrogens is 1. The van der Waals surface area contributed by atoms with Crippen LogP contribution in [0.2, 0.25) is 8.67 Å². The van der Waals surface area contributed by atoms with Gasteiger partial charge in [0.2, 0.25) is 5.91 Å². The van der Waals surface area contributed by atoms with Gasteiger partial charge in [-0.3, -0.25) is 4.79 Å². The highest BCUT2D eigenvalue weighted by Crippen LogP contribution is 2.39. The summed E-state index contributed by atoms with van der Waals surface area (Å²) >= 11 is 14.8. The van der Waals surface area contributed by atoms with Crippen LogP contribution in [-0.2, 0) is 11.2 Å². The second-order valence-corrected chi connectivity index (χ2v) is 8.78. The predicted molar refractivity (Wildman–Crippen MR) is 112 cm³/mol. The number of fused-ring (bicyclic) bond motifs is 1. The number of hydrogen-bond donors (Lipinski definition) is 1. The number of nitrogens with one attached hydrogen (secondary N) is 1. The molecule has 0 atom stereocenters. The van der Waals surface area contributed by atoms with Crippen molar-refractivity contribution in [2.24, 2.45) is 0 Å². The van der Waals surface area contributed by atoms with Crippen LogP contribution in [0.3, 0.4) is 0 Å². The first-order valence-electron chi connectivity index (χ1n) is 7.77. The van der Waals surface area contributed by atoms with E-state index in [1.165, 1.54) is 22.7 Å². The van der Waals surface area contributed by atoms with Crippen LogP contribution in [0.5, 0.6) is 0 Å². The van der Waals surface area contributed by atoms with Crippen LogP contribution >= 0.6 is 45.9 Å². The molecule has 7 heteroatoms. The van der Waals surface area contributed by atoms with Crippen LogP contribution in [-0.4, -0.2) is 10.9 Å². The van der Waals surface area contributed by atoms with Gasteiger partial charge in [-0.2, -0.15) is 0 Å². The van der Waals surface area contributed by atoms with Crippen molar-refractivity contribution < 1.29 is 4.79 Å². The van der Waals surface area contributed by atoms with Gasteiger partial charge >= 0.3 is 0 Å². The number of thiophene rings is 1. The average Bonchev–Trinajstić information content (AvgIpc) is 3.21. The highest BCUT2D eigenvalue weighted by Gasteiger charge is 2.14. The molecule has 130 valence electrons. The fraction of sp³-hybridized carbons (Fsp3) is 0.0526. The average molecular weight is 419 g/mol. The maximum atomic E-state index is 12.5. The molecule has 2 aromatic heterocycles. The molecule has 0 unspecified atom stereocenters. The number of nitrogens with zero attached hydrogens (tertiary/aromatic N) is 1. The molecule has 0 aliphatic rings. The number of thiazole rings is 1. The third-order valence-electron chi connectivity index (χ3n) is 3.91. The minimum absolute atomic E-state index is 0.100. The van der Waals surface area contributed by atoms with E-state index < -0.39 is 0 Å². The van der Waals surface area contributed by atoms with Gasteiger partial charge in [-0.25, -0.2) is 4.98 Å².